The molecule has 7 nitrogen and oxygen atoms in total. The third kappa shape index (κ3) is 6.53. The number of carboxylic acids is 1. The summed E-state index contributed by atoms with van der Waals surface area (Å²) in [5.74, 6) is -0.814. The molecule has 2 unspecified atom stereocenters. The van der Waals surface area contributed by atoms with E-state index in [-0.39, 0.29) is 23.1 Å². The number of benzene rings is 1. The van der Waals surface area contributed by atoms with Crippen LogP contribution in [0.5, 0.6) is 17.4 Å². The minimum absolute atomic E-state index is 0.144. The van der Waals surface area contributed by atoms with Crippen molar-refractivity contribution >= 4 is 24.0 Å². The SMILES string of the molecule is CC(Oc1ccc(Oc2ncc(C(F)(F)F)cc2Cl)cc1)C(CC(=O)O)OC=O. The number of pyridine rings is 1. The molecule has 0 saturated heterocycles. The minimum Gasteiger partial charge on any atom is -0.487 e. The van der Waals surface area contributed by atoms with Gasteiger partial charge in [0, 0.05) is 6.20 Å². The molecule has 11 heteroatoms. The molecule has 1 N–H and O–H groups in total. The van der Waals surface area contributed by atoms with Crippen LogP contribution >= 0.6 is 11.6 Å². The second-order valence-electron chi connectivity index (χ2n) is 5.77. The highest BCUT2D eigenvalue weighted by atomic mass is 35.5. The molecule has 0 bridgehead atoms. The topological polar surface area (TPSA) is 95.0 Å². The maximum absolute atomic E-state index is 12.6. The molecule has 1 aromatic heterocycles. The fourth-order valence-corrected chi connectivity index (χ4v) is 2.42. The van der Waals surface area contributed by atoms with Gasteiger partial charge >= 0.3 is 12.1 Å². The Morgan fingerprint density at radius 1 is 1.28 bits per heavy atom. The summed E-state index contributed by atoms with van der Waals surface area (Å²) < 4.78 is 53.5. The minimum atomic E-state index is -4.57. The maximum Gasteiger partial charge on any atom is 0.417 e. The van der Waals surface area contributed by atoms with Gasteiger partial charge in [0.05, 0.1) is 12.0 Å². The Labute approximate surface area is 168 Å². The average molecular weight is 434 g/mol. The number of carbonyl (C=O) groups is 2. The number of halogens is 4. The summed E-state index contributed by atoms with van der Waals surface area (Å²) in [5.41, 5.74) is -0.999. The highest BCUT2D eigenvalue weighted by molar-refractivity contribution is 6.31. The van der Waals surface area contributed by atoms with Crippen molar-refractivity contribution in [1.82, 2.24) is 4.98 Å². The monoisotopic (exact) mass is 433 g/mol. The molecule has 1 aromatic carbocycles. The van der Waals surface area contributed by atoms with Crippen LogP contribution in [-0.4, -0.2) is 34.7 Å². The van der Waals surface area contributed by atoms with E-state index in [2.05, 4.69) is 4.98 Å². The summed E-state index contributed by atoms with van der Waals surface area (Å²) in [7, 11) is 0. The van der Waals surface area contributed by atoms with Crippen molar-refractivity contribution in [1.29, 1.82) is 0 Å². The van der Waals surface area contributed by atoms with Crippen molar-refractivity contribution in [3.8, 4) is 17.4 Å². The molecule has 0 aliphatic heterocycles. The van der Waals surface area contributed by atoms with Gasteiger partial charge in [-0.05, 0) is 37.3 Å². The smallest absolute Gasteiger partial charge is 0.417 e. The molecule has 2 rings (SSSR count). The van der Waals surface area contributed by atoms with Crippen molar-refractivity contribution in [3.05, 3.63) is 47.1 Å². The van der Waals surface area contributed by atoms with Gasteiger partial charge in [-0.15, -0.1) is 0 Å². The summed E-state index contributed by atoms with van der Waals surface area (Å²) in [6, 6.07) is 6.55. The van der Waals surface area contributed by atoms with Crippen LogP contribution in [0.25, 0.3) is 0 Å². The number of alkyl halides is 3. The van der Waals surface area contributed by atoms with E-state index in [0.29, 0.717) is 18.0 Å². The van der Waals surface area contributed by atoms with Gasteiger partial charge in [-0.3, -0.25) is 9.59 Å². The molecule has 0 aliphatic rings. The third-order valence-electron chi connectivity index (χ3n) is 3.62. The Morgan fingerprint density at radius 3 is 2.41 bits per heavy atom. The van der Waals surface area contributed by atoms with Gasteiger partial charge in [-0.1, -0.05) is 11.6 Å². The van der Waals surface area contributed by atoms with Crippen molar-refractivity contribution in [2.24, 2.45) is 0 Å². The predicted octanol–water partition coefficient (Wildman–Crippen LogP) is 4.33. The molecule has 0 radical (unpaired) electrons. The zero-order valence-electron chi connectivity index (χ0n) is 14.9. The first-order valence-electron chi connectivity index (χ1n) is 8.08. The van der Waals surface area contributed by atoms with Gasteiger partial charge < -0.3 is 19.3 Å². The summed E-state index contributed by atoms with van der Waals surface area (Å²) in [4.78, 5) is 24.9. The van der Waals surface area contributed by atoms with E-state index >= 15 is 0 Å². The number of hydrogen-bond acceptors (Lipinski definition) is 6. The van der Waals surface area contributed by atoms with E-state index in [9.17, 15) is 22.8 Å². The van der Waals surface area contributed by atoms with E-state index in [1.54, 1.807) is 0 Å². The zero-order chi connectivity index (χ0) is 21.6. The second kappa shape index (κ2) is 9.46. The molecule has 0 saturated carbocycles. The van der Waals surface area contributed by atoms with Crippen molar-refractivity contribution in [2.75, 3.05) is 0 Å². The van der Waals surface area contributed by atoms with Crippen LogP contribution in [-0.2, 0) is 20.5 Å². The number of aromatic nitrogens is 1. The van der Waals surface area contributed by atoms with Crippen molar-refractivity contribution in [2.45, 2.75) is 31.7 Å². The summed E-state index contributed by atoms with van der Waals surface area (Å²) >= 11 is 5.79. The zero-order valence-corrected chi connectivity index (χ0v) is 15.6. The average Bonchev–Trinajstić information content (AvgIpc) is 2.63. The van der Waals surface area contributed by atoms with Crippen molar-refractivity contribution < 1.29 is 42.1 Å². The Hall–Kier alpha value is -3.01. The van der Waals surface area contributed by atoms with E-state index in [4.69, 9.17) is 30.9 Å². The number of carboxylic acid groups (broad SMARTS) is 1. The van der Waals surface area contributed by atoms with Crippen LogP contribution in [0.3, 0.4) is 0 Å². The number of aliphatic carboxylic acids is 1. The standard InChI is InChI=1S/C18H15ClF3NO6/c1-10(15(27-9-24)7-16(25)26)28-12-2-4-13(5-3-12)29-17-14(19)6-11(8-23-17)18(20,21)22/h2-6,8-10,15H,7H2,1H3,(H,25,26). The first kappa shape index (κ1) is 22.3. The fourth-order valence-electron chi connectivity index (χ4n) is 2.21. The van der Waals surface area contributed by atoms with E-state index < -0.39 is 36.3 Å². The van der Waals surface area contributed by atoms with Crippen LogP contribution < -0.4 is 9.47 Å². The number of carbonyl (C=O) groups excluding carboxylic acids is 1. The molecular formula is C18H15ClF3NO6. The Bertz CT molecular complexity index is 860. The van der Waals surface area contributed by atoms with Crippen LogP contribution in [0.15, 0.2) is 36.5 Å². The van der Waals surface area contributed by atoms with Crippen LogP contribution in [0, 0.1) is 0 Å². The van der Waals surface area contributed by atoms with Gasteiger partial charge in [0.1, 0.15) is 28.7 Å². The molecule has 1 heterocycles. The van der Waals surface area contributed by atoms with Crippen molar-refractivity contribution in [3.63, 3.8) is 0 Å². The summed E-state index contributed by atoms with van der Waals surface area (Å²) in [6.45, 7) is 1.68. The lowest BCUT2D eigenvalue weighted by molar-refractivity contribution is -0.147. The van der Waals surface area contributed by atoms with E-state index in [0.717, 1.165) is 0 Å². The molecule has 0 aliphatic carbocycles. The summed E-state index contributed by atoms with van der Waals surface area (Å²) in [5, 5.41) is 8.53. The lowest BCUT2D eigenvalue weighted by Gasteiger charge is -2.22. The van der Waals surface area contributed by atoms with Crippen LogP contribution in [0.2, 0.25) is 5.02 Å². The van der Waals surface area contributed by atoms with Gasteiger partial charge in [-0.2, -0.15) is 13.2 Å². The van der Waals surface area contributed by atoms with Gasteiger partial charge in [-0.25, -0.2) is 4.98 Å². The molecule has 2 atom stereocenters. The molecule has 29 heavy (non-hydrogen) atoms. The molecule has 156 valence electrons. The van der Waals surface area contributed by atoms with Gasteiger partial charge in [0.2, 0.25) is 5.88 Å². The second-order valence-corrected chi connectivity index (χ2v) is 6.18. The molecule has 0 fully saturated rings. The van der Waals surface area contributed by atoms with E-state index in [1.807, 2.05) is 0 Å². The maximum atomic E-state index is 12.6. The molecular weight excluding hydrogens is 419 g/mol. The van der Waals surface area contributed by atoms with Crippen LogP contribution in [0.1, 0.15) is 18.9 Å². The molecule has 2 aromatic rings. The number of ether oxygens (including phenoxy) is 3. The van der Waals surface area contributed by atoms with Gasteiger partial charge in [0.25, 0.3) is 6.47 Å². The quantitative estimate of drug-likeness (QED) is 0.588. The normalized spacial score (nSPS) is 13.3. The largest absolute Gasteiger partial charge is 0.487 e. The van der Waals surface area contributed by atoms with Crippen LogP contribution in [0.4, 0.5) is 13.2 Å². The first-order chi connectivity index (χ1) is 13.6. The Morgan fingerprint density at radius 2 is 1.90 bits per heavy atom. The number of nitrogens with zero attached hydrogens (tertiary/aromatic N) is 1. The lowest BCUT2D eigenvalue weighted by Crippen LogP contribution is -2.33. The van der Waals surface area contributed by atoms with E-state index in [1.165, 1.54) is 31.2 Å². The van der Waals surface area contributed by atoms with Gasteiger partial charge in [0.15, 0.2) is 0 Å². The highest BCUT2D eigenvalue weighted by Gasteiger charge is 2.31. The Balaban J connectivity index is 2.05. The highest BCUT2D eigenvalue weighted by Crippen LogP contribution is 2.35. The third-order valence-corrected chi connectivity index (χ3v) is 3.90. The Kier molecular flexibility index (Phi) is 7.27. The predicted molar refractivity (Wildman–Crippen MR) is 94.0 cm³/mol. The molecule has 0 spiro atoms. The fraction of sp³-hybridized carbons (Fsp3) is 0.278. The summed E-state index contributed by atoms with van der Waals surface area (Å²) in [6.07, 6.45) is -6.14. The number of rotatable bonds is 9. The first-order valence-corrected chi connectivity index (χ1v) is 8.46. The lowest BCUT2D eigenvalue weighted by atomic mass is 10.1. The number of hydrogen-bond donors (Lipinski definition) is 1. The molecule has 0 amide bonds.